The van der Waals surface area contributed by atoms with Crippen molar-refractivity contribution in [2.75, 3.05) is 20.3 Å². The average Bonchev–Trinajstić information content (AvgIpc) is 3.29. The quantitative estimate of drug-likeness (QED) is 0.715. The minimum Gasteiger partial charge on any atom is -0.496 e. The van der Waals surface area contributed by atoms with E-state index in [0.717, 1.165) is 54.3 Å². The zero-order valence-corrected chi connectivity index (χ0v) is 15.2. The first-order valence-corrected chi connectivity index (χ1v) is 8.76. The highest BCUT2D eigenvalue weighted by Gasteiger charge is 2.22. The molecule has 0 aliphatic carbocycles. The molecule has 0 atom stereocenters. The topological polar surface area (TPSA) is 75.2 Å². The van der Waals surface area contributed by atoms with Crippen LogP contribution in [0.5, 0.6) is 5.75 Å². The molecule has 1 aliphatic heterocycles. The molecule has 3 heterocycles. The number of ether oxygens (including phenoxy) is 2. The molecule has 4 rings (SSSR count). The molecule has 1 fully saturated rings. The second kappa shape index (κ2) is 6.92. The van der Waals surface area contributed by atoms with Gasteiger partial charge in [0.15, 0.2) is 0 Å². The molecule has 0 bridgehead atoms. The van der Waals surface area contributed by atoms with E-state index in [1.807, 2.05) is 38.2 Å². The molecule has 3 aromatic rings. The molecule has 0 N–H and O–H groups in total. The molecule has 0 amide bonds. The number of methoxy groups -OCH3 is 1. The van der Waals surface area contributed by atoms with Crippen LogP contribution in [0.25, 0.3) is 23.0 Å². The fourth-order valence-corrected chi connectivity index (χ4v) is 3.29. The SMILES string of the molecule is COc1cc(-c2noc(-c3cc(C4CCOCC4)nn3C)n2)ccc1C. The molecule has 0 radical (unpaired) electrons. The second-order valence-electron chi connectivity index (χ2n) is 6.57. The first-order valence-electron chi connectivity index (χ1n) is 8.76. The highest BCUT2D eigenvalue weighted by Crippen LogP contribution is 2.30. The fourth-order valence-electron chi connectivity index (χ4n) is 3.29. The van der Waals surface area contributed by atoms with Gasteiger partial charge in [-0.2, -0.15) is 10.1 Å². The molecule has 1 aromatic carbocycles. The summed E-state index contributed by atoms with van der Waals surface area (Å²) in [5.74, 6) is 2.23. The van der Waals surface area contributed by atoms with E-state index in [-0.39, 0.29) is 0 Å². The minimum absolute atomic E-state index is 0.424. The first kappa shape index (κ1) is 16.8. The summed E-state index contributed by atoms with van der Waals surface area (Å²) in [6.45, 7) is 3.57. The maximum atomic E-state index is 5.50. The minimum atomic E-state index is 0.424. The van der Waals surface area contributed by atoms with Crippen LogP contribution in [0.4, 0.5) is 0 Å². The molecule has 26 heavy (non-hydrogen) atoms. The third-order valence-corrected chi connectivity index (χ3v) is 4.85. The highest BCUT2D eigenvalue weighted by molar-refractivity contribution is 5.61. The summed E-state index contributed by atoms with van der Waals surface area (Å²) in [6.07, 6.45) is 1.99. The lowest BCUT2D eigenvalue weighted by atomic mass is 9.96. The molecule has 7 heteroatoms. The monoisotopic (exact) mass is 354 g/mol. The Kier molecular flexibility index (Phi) is 4.46. The van der Waals surface area contributed by atoms with Gasteiger partial charge in [0, 0.05) is 31.7 Å². The van der Waals surface area contributed by atoms with Gasteiger partial charge in [-0.1, -0.05) is 17.3 Å². The average molecular weight is 354 g/mol. The Hall–Kier alpha value is -2.67. The maximum Gasteiger partial charge on any atom is 0.276 e. The van der Waals surface area contributed by atoms with Crippen LogP contribution in [0.15, 0.2) is 28.8 Å². The summed E-state index contributed by atoms with van der Waals surface area (Å²) in [5.41, 5.74) is 3.80. The van der Waals surface area contributed by atoms with Gasteiger partial charge in [-0.05, 0) is 37.5 Å². The van der Waals surface area contributed by atoms with Gasteiger partial charge in [0.1, 0.15) is 11.4 Å². The van der Waals surface area contributed by atoms with Gasteiger partial charge < -0.3 is 14.0 Å². The lowest BCUT2D eigenvalue weighted by Gasteiger charge is -2.19. The summed E-state index contributed by atoms with van der Waals surface area (Å²) in [7, 11) is 3.55. The Bertz CT molecular complexity index is 909. The van der Waals surface area contributed by atoms with E-state index in [0.29, 0.717) is 17.6 Å². The van der Waals surface area contributed by atoms with Gasteiger partial charge >= 0.3 is 0 Å². The Morgan fingerprint density at radius 2 is 2.00 bits per heavy atom. The molecule has 1 saturated heterocycles. The molecular formula is C19H22N4O3. The molecule has 0 saturated carbocycles. The van der Waals surface area contributed by atoms with Gasteiger partial charge in [0.25, 0.3) is 5.89 Å². The lowest BCUT2D eigenvalue weighted by Crippen LogP contribution is -2.14. The summed E-state index contributed by atoms with van der Waals surface area (Å²) in [5, 5.41) is 8.77. The molecular weight excluding hydrogens is 332 g/mol. The zero-order valence-electron chi connectivity index (χ0n) is 15.2. The first-order chi connectivity index (χ1) is 12.7. The van der Waals surface area contributed by atoms with Crippen molar-refractivity contribution in [3.63, 3.8) is 0 Å². The van der Waals surface area contributed by atoms with Crippen LogP contribution in [-0.4, -0.2) is 40.2 Å². The van der Waals surface area contributed by atoms with Crippen LogP contribution >= 0.6 is 0 Å². The van der Waals surface area contributed by atoms with Crippen molar-refractivity contribution >= 4 is 0 Å². The smallest absolute Gasteiger partial charge is 0.276 e. The van der Waals surface area contributed by atoms with Crippen molar-refractivity contribution in [2.24, 2.45) is 7.05 Å². The predicted octanol–water partition coefficient (Wildman–Crippen LogP) is 3.35. The number of hydrogen-bond acceptors (Lipinski definition) is 6. The number of benzene rings is 1. The highest BCUT2D eigenvalue weighted by atomic mass is 16.5. The van der Waals surface area contributed by atoms with Gasteiger partial charge in [0.2, 0.25) is 5.82 Å². The van der Waals surface area contributed by atoms with Crippen molar-refractivity contribution in [1.82, 2.24) is 19.9 Å². The Labute approximate surface area is 151 Å². The molecule has 2 aromatic heterocycles. The molecule has 7 nitrogen and oxygen atoms in total. The number of nitrogens with zero attached hydrogens (tertiary/aromatic N) is 4. The second-order valence-corrected chi connectivity index (χ2v) is 6.57. The summed E-state index contributed by atoms with van der Waals surface area (Å²) in [6, 6.07) is 7.91. The van der Waals surface area contributed by atoms with Gasteiger partial charge in [-0.15, -0.1) is 0 Å². The van der Waals surface area contributed by atoms with Crippen molar-refractivity contribution in [1.29, 1.82) is 0 Å². The van der Waals surface area contributed by atoms with Crippen LogP contribution < -0.4 is 4.74 Å². The number of rotatable bonds is 4. The maximum absolute atomic E-state index is 5.50. The Morgan fingerprint density at radius 3 is 2.77 bits per heavy atom. The van der Waals surface area contributed by atoms with Crippen LogP contribution in [-0.2, 0) is 11.8 Å². The largest absolute Gasteiger partial charge is 0.496 e. The van der Waals surface area contributed by atoms with Crippen LogP contribution in [0.1, 0.15) is 30.0 Å². The van der Waals surface area contributed by atoms with E-state index in [1.165, 1.54) is 0 Å². The van der Waals surface area contributed by atoms with Crippen LogP contribution in [0.3, 0.4) is 0 Å². The van der Waals surface area contributed by atoms with Gasteiger partial charge in [-0.3, -0.25) is 4.68 Å². The zero-order chi connectivity index (χ0) is 18.1. The normalized spacial score (nSPS) is 15.3. The van der Waals surface area contributed by atoms with Gasteiger partial charge in [-0.25, -0.2) is 0 Å². The number of aryl methyl sites for hydroxylation is 2. The van der Waals surface area contributed by atoms with Crippen LogP contribution in [0.2, 0.25) is 0 Å². The van der Waals surface area contributed by atoms with E-state index >= 15 is 0 Å². The van der Waals surface area contributed by atoms with Crippen molar-refractivity contribution in [3.8, 4) is 28.7 Å². The molecule has 1 aliphatic rings. The summed E-state index contributed by atoms with van der Waals surface area (Å²) >= 11 is 0. The number of aromatic nitrogens is 4. The van der Waals surface area contributed by atoms with E-state index in [9.17, 15) is 0 Å². The lowest BCUT2D eigenvalue weighted by molar-refractivity contribution is 0.0844. The predicted molar refractivity (Wildman–Crippen MR) is 96.0 cm³/mol. The number of hydrogen-bond donors (Lipinski definition) is 0. The summed E-state index contributed by atoms with van der Waals surface area (Å²) < 4.78 is 18.1. The van der Waals surface area contributed by atoms with E-state index in [1.54, 1.807) is 11.8 Å². The van der Waals surface area contributed by atoms with Crippen LogP contribution in [0, 0.1) is 6.92 Å². The third-order valence-electron chi connectivity index (χ3n) is 4.85. The molecule has 136 valence electrons. The van der Waals surface area contributed by atoms with Crippen molar-refractivity contribution < 1.29 is 14.0 Å². The Morgan fingerprint density at radius 1 is 1.19 bits per heavy atom. The van der Waals surface area contributed by atoms with E-state index in [4.69, 9.17) is 14.0 Å². The standard InChI is InChI=1S/C19H22N4O3/c1-12-4-5-14(10-17(12)24-3)18-20-19(26-22-18)16-11-15(21-23(16)2)13-6-8-25-9-7-13/h4-5,10-11,13H,6-9H2,1-3H3. The van der Waals surface area contributed by atoms with E-state index < -0.39 is 0 Å². The van der Waals surface area contributed by atoms with E-state index in [2.05, 4.69) is 15.2 Å². The van der Waals surface area contributed by atoms with Gasteiger partial charge in [0.05, 0.1) is 12.8 Å². The summed E-state index contributed by atoms with van der Waals surface area (Å²) in [4.78, 5) is 4.56. The molecule has 0 spiro atoms. The third kappa shape index (κ3) is 3.10. The molecule has 0 unspecified atom stereocenters. The van der Waals surface area contributed by atoms with Crippen molar-refractivity contribution in [2.45, 2.75) is 25.7 Å². The van der Waals surface area contributed by atoms with Crippen molar-refractivity contribution in [3.05, 3.63) is 35.5 Å². The fraction of sp³-hybridized carbons (Fsp3) is 0.421. The Balaban J connectivity index is 1.63.